The summed E-state index contributed by atoms with van der Waals surface area (Å²) in [6.45, 7) is 3.58. The number of nitrogens with zero attached hydrogens (tertiary/aromatic N) is 1. The normalized spacial score (nSPS) is 22.1. The van der Waals surface area contributed by atoms with E-state index in [4.69, 9.17) is 5.11 Å². The molecule has 3 atom stereocenters. The molecular weight excluding hydrogens is 322 g/mol. The van der Waals surface area contributed by atoms with Crippen LogP contribution < -0.4 is 4.83 Å². The Hall–Kier alpha value is -1.60. The maximum Gasteiger partial charge on any atom is 0.140 e. The number of aliphatic hydroxyl groups excluding tert-OH is 1. The van der Waals surface area contributed by atoms with E-state index in [-0.39, 0.29) is 16.5 Å². The summed E-state index contributed by atoms with van der Waals surface area (Å²) < 4.78 is 39.2. The van der Waals surface area contributed by atoms with E-state index in [1.54, 1.807) is 0 Å². The number of aliphatic hydroxyl groups is 1. The van der Waals surface area contributed by atoms with Gasteiger partial charge in [0.15, 0.2) is 0 Å². The van der Waals surface area contributed by atoms with Crippen molar-refractivity contribution < 1.29 is 18.1 Å². The molecule has 0 fully saturated rings. The zero-order valence-electron chi connectivity index (χ0n) is 13.4. The van der Waals surface area contributed by atoms with Crippen LogP contribution in [0.5, 0.6) is 0 Å². The van der Waals surface area contributed by atoms with Gasteiger partial charge in [-0.25, -0.2) is 17.8 Å². The van der Waals surface area contributed by atoms with Crippen molar-refractivity contribution in [3.8, 4) is 0 Å². The molecule has 0 spiro atoms. The largest absolute Gasteiger partial charge is 0.400 e. The molecule has 1 aromatic rings. The van der Waals surface area contributed by atoms with Crippen molar-refractivity contribution in [2.24, 2.45) is 11.0 Å². The molecule has 3 unspecified atom stereocenters. The second-order valence-electron chi connectivity index (χ2n) is 5.16. The zero-order chi connectivity index (χ0) is 17.4. The van der Waals surface area contributed by atoms with E-state index < -0.39 is 22.6 Å². The third-order valence-corrected chi connectivity index (χ3v) is 4.68. The molecule has 0 saturated heterocycles. The van der Waals surface area contributed by atoms with Gasteiger partial charge in [-0.15, -0.1) is 0 Å². The fraction of sp³-hybridized carbons (Fsp3) is 0.438. The molecular formula is C16H22F2N2O2S. The van der Waals surface area contributed by atoms with Gasteiger partial charge in [0.2, 0.25) is 0 Å². The van der Waals surface area contributed by atoms with Crippen LogP contribution in [0.3, 0.4) is 0 Å². The van der Waals surface area contributed by atoms with Crippen LogP contribution in [-0.2, 0) is 11.0 Å². The Bertz CT molecular complexity index is 585. The average molecular weight is 344 g/mol. The zero-order valence-corrected chi connectivity index (χ0v) is 14.2. The van der Waals surface area contributed by atoms with Crippen LogP contribution in [0.15, 0.2) is 35.5 Å². The van der Waals surface area contributed by atoms with Gasteiger partial charge in [-0.2, -0.15) is 5.10 Å². The van der Waals surface area contributed by atoms with Gasteiger partial charge in [-0.1, -0.05) is 25.1 Å². The van der Waals surface area contributed by atoms with Crippen molar-refractivity contribution in [1.29, 1.82) is 0 Å². The topological polar surface area (TPSA) is 61.7 Å². The van der Waals surface area contributed by atoms with Crippen LogP contribution in [0.1, 0.15) is 32.3 Å². The predicted molar refractivity (Wildman–Crippen MR) is 89.3 cm³/mol. The quantitative estimate of drug-likeness (QED) is 0.501. The number of hydrogen-bond acceptors (Lipinski definition) is 3. The first-order valence-corrected chi connectivity index (χ1v) is 8.48. The van der Waals surface area contributed by atoms with Gasteiger partial charge in [0.05, 0.1) is 16.5 Å². The summed E-state index contributed by atoms with van der Waals surface area (Å²) in [5, 5.41) is 10.7. The standard InChI is InChI=1S/C15H18F2N2OS.CH4O/c1-10-6-8-12(9-7-10)21(20)19-18-11(2)15-13(16)4-3-5-14(15)17;1-2/h3-6,8,10,12,19H,7,9H2,1-2H3;2H,1H3/b18-11-;. The van der Waals surface area contributed by atoms with Gasteiger partial charge in [-0.05, 0) is 37.8 Å². The van der Waals surface area contributed by atoms with Crippen molar-refractivity contribution in [2.45, 2.75) is 31.9 Å². The summed E-state index contributed by atoms with van der Waals surface area (Å²) in [7, 11) is -0.398. The van der Waals surface area contributed by atoms with E-state index in [0.29, 0.717) is 5.92 Å². The minimum absolute atomic E-state index is 0.122. The number of nitrogens with one attached hydrogen (secondary N) is 1. The Balaban J connectivity index is 0.00000127. The Morgan fingerprint density at radius 3 is 2.39 bits per heavy atom. The third-order valence-electron chi connectivity index (χ3n) is 3.46. The van der Waals surface area contributed by atoms with Crippen LogP contribution in [0.2, 0.25) is 0 Å². The molecule has 0 amide bonds. The van der Waals surface area contributed by atoms with Crippen LogP contribution in [-0.4, -0.2) is 27.4 Å². The Kier molecular flexibility index (Phi) is 8.05. The summed E-state index contributed by atoms with van der Waals surface area (Å²) in [6, 6.07) is 3.63. The van der Waals surface area contributed by atoms with Crippen LogP contribution >= 0.6 is 0 Å². The monoisotopic (exact) mass is 344 g/mol. The molecule has 4 nitrogen and oxygen atoms in total. The lowest BCUT2D eigenvalue weighted by Crippen LogP contribution is -2.26. The fourth-order valence-corrected chi connectivity index (χ4v) is 3.14. The molecule has 0 saturated carbocycles. The maximum absolute atomic E-state index is 13.6. The van der Waals surface area contributed by atoms with Crippen LogP contribution in [0.4, 0.5) is 8.78 Å². The van der Waals surface area contributed by atoms with E-state index in [2.05, 4.69) is 16.9 Å². The van der Waals surface area contributed by atoms with Crippen molar-refractivity contribution in [1.82, 2.24) is 4.83 Å². The minimum Gasteiger partial charge on any atom is -0.400 e. The molecule has 7 heteroatoms. The van der Waals surface area contributed by atoms with Gasteiger partial charge in [0, 0.05) is 7.11 Å². The van der Waals surface area contributed by atoms with Crippen molar-refractivity contribution in [3.05, 3.63) is 47.5 Å². The minimum atomic E-state index is -1.40. The second kappa shape index (κ2) is 9.52. The highest BCUT2D eigenvalue weighted by atomic mass is 32.2. The summed E-state index contributed by atoms with van der Waals surface area (Å²) in [4.78, 5) is 2.50. The first kappa shape index (κ1) is 19.4. The number of allylic oxidation sites excluding steroid dienone is 1. The smallest absolute Gasteiger partial charge is 0.140 e. The Morgan fingerprint density at radius 2 is 1.87 bits per heavy atom. The Morgan fingerprint density at radius 1 is 1.26 bits per heavy atom. The van der Waals surface area contributed by atoms with Crippen molar-refractivity contribution in [3.63, 3.8) is 0 Å². The number of hydrazone groups is 1. The summed E-state index contributed by atoms with van der Waals surface area (Å²) in [5.74, 6) is -0.874. The number of rotatable bonds is 4. The molecule has 23 heavy (non-hydrogen) atoms. The van der Waals surface area contributed by atoms with Crippen LogP contribution in [0.25, 0.3) is 0 Å². The lowest BCUT2D eigenvalue weighted by molar-refractivity contribution is 0.399. The lowest BCUT2D eigenvalue weighted by Gasteiger charge is -2.19. The maximum atomic E-state index is 13.6. The molecule has 1 aliphatic carbocycles. The predicted octanol–water partition coefficient (Wildman–Crippen LogP) is 2.91. The van der Waals surface area contributed by atoms with Gasteiger partial charge in [0.1, 0.15) is 22.6 Å². The molecule has 1 aliphatic rings. The lowest BCUT2D eigenvalue weighted by atomic mass is 9.98. The van der Waals surface area contributed by atoms with E-state index in [0.717, 1.165) is 20.0 Å². The Labute approximate surface area is 137 Å². The van der Waals surface area contributed by atoms with Crippen LogP contribution in [0, 0.1) is 17.6 Å². The number of hydrogen-bond donors (Lipinski definition) is 2. The van der Waals surface area contributed by atoms with E-state index in [9.17, 15) is 13.0 Å². The average Bonchev–Trinajstić information content (AvgIpc) is 2.55. The highest BCUT2D eigenvalue weighted by Gasteiger charge is 2.19. The van der Waals surface area contributed by atoms with Gasteiger partial charge < -0.3 is 5.11 Å². The molecule has 0 radical (unpaired) electrons. The first-order valence-electron chi connectivity index (χ1n) is 7.27. The van der Waals surface area contributed by atoms with Crippen molar-refractivity contribution in [2.75, 3.05) is 7.11 Å². The SMILES string of the molecule is C/C(=N/NS(=O)C1C=CC(C)CC1)c1c(F)cccc1F.CO. The van der Waals surface area contributed by atoms with Crippen molar-refractivity contribution >= 4 is 16.7 Å². The first-order chi connectivity index (χ1) is 11.0. The van der Waals surface area contributed by atoms with Gasteiger partial charge >= 0.3 is 0 Å². The molecule has 0 aromatic heterocycles. The fourth-order valence-electron chi connectivity index (χ4n) is 2.19. The molecule has 128 valence electrons. The van der Waals surface area contributed by atoms with E-state index in [1.807, 2.05) is 12.2 Å². The van der Waals surface area contributed by atoms with E-state index in [1.165, 1.54) is 25.1 Å². The highest BCUT2D eigenvalue weighted by molar-refractivity contribution is 7.83. The summed E-state index contributed by atoms with van der Waals surface area (Å²) in [6.07, 6.45) is 5.71. The number of halogens is 2. The third kappa shape index (κ3) is 5.51. The highest BCUT2D eigenvalue weighted by Crippen LogP contribution is 2.20. The summed E-state index contributed by atoms with van der Waals surface area (Å²) in [5.41, 5.74) is -0.0677. The number of benzene rings is 1. The molecule has 2 rings (SSSR count). The summed E-state index contributed by atoms with van der Waals surface area (Å²) >= 11 is 0. The van der Waals surface area contributed by atoms with Gasteiger partial charge in [-0.3, -0.25) is 0 Å². The molecule has 0 aliphatic heterocycles. The molecule has 2 N–H and O–H groups in total. The van der Waals surface area contributed by atoms with Gasteiger partial charge in [0.25, 0.3) is 0 Å². The molecule has 1 aromatic carbocycles. The second-order valence-corrected chi connectivity index (χ2v) is 6.54. The molecule has 0 heterocycles. The van der Waals surface area contributed by atoms with E-state index >= 15 is 0 Å². The molecule has 0 bridgehead atoms.